The molecular formula is C27H40N6O4. The lowest BCUT2D eigenvalue weighted by Gasteiger charge is -2.38. The number of hydrogen-bond donors (Lipinski definition) is 1. The zero-order valence-electron chi connectivity index (χ0n) is 22.9. The number of nitrogens with zero attached hydrogens (tertiary/aromatic N) is 5. The third-order valence-corrected chi connectivity index (χ3v) is 7.72. The minimum absolute atomic E-state index is 0.273. The van der Waals surface area contributed by atoms with Crippen molar-refractivity contribution in [3.63, 3.8) is 0 Å². The van der Waals surface area contributed by atoms with Crippen molar-refractivity contribution in [3.8, 4) is 0 Å². The van der Waals surface area contributed by atoms with Gasteiger partial charge in [0.25, 0.3) is 0 Å². The second-order valence-electron chi connectivity index (χ2n) is 12.2. The van der Waals surface area contributed by atoms with Gasteiger partial charge in [0.1, 0.15) is 17.5 Å². The summed E-state index contributed by atoms with van der Waals surface area (Å²) < 4.78 is 13.2. The van der Waals surface area contributed by atoms with E-state index in [1.807, 2.05) is 43.3 Å². The number of hydrogen-bond acceptors (Lipinski definition) is 7. The van der Waals surface area contributed by atoms with Gasteiger partial charge in [-0.15, -0.1) is 0 Å². The van der Waals surface area contributed by atoms with E-state index in [0.717, 1.165) is 35.6 Å². The van der Waals surface area contributed by atoms with E-state index in [0.29, 0.717) is 50.4 Å². The number of carbonyl (C=O) groups excluding carboxylic acids is 2. The Labute approximate surface area is 218 Å². The fourth-order valence-electron chi connectivity index (χ4n) is 5.92. The van der Waals surface area contributed by atoms with Crippen LogP contribution in [0.1, 0.15) is 71.1 Å². The first-order valence-corrected chi connectivity index (χ1v) is 13.5. The van der Waals surface area contributed by atoms with Crippen molar-refractivity contribution in [2.24, 2.45) is 11.8 Å². The normalized spacial score (nSPS) is 25.7. The lowest BCUT2D eigenvalue weighted by atomic mass is 9.92. The Kier molecular flexibility index (Phi) is 6.70. The van der Waals surface area contributed by atoms with Gasteiger partial charge in [0.15, 0.2) is 5.65 Å². The Hall–Kier alpha value is -3.04. The van der Waals surface area contributed by atoms with Crippen molar-refractivity contribution in [3.05, 3.63) is 23.5 Å². The molecule has 0 aromatic carbocycles. The molecule has 1 saturated carbocycles. The van der Waals surface area contributed by atoms with Gasteiger partial charge in [-0.2, -0.15) is 9.61 Å². The molecule has 3 unspecified atom stereocenters. The van der Waals surface area contributed by atoms with Gasteiger partial charge in [-0.3, -0.25) is 0 Å². The lowest BCUT2D eigenvalue weighted by Crippen LogP contribution is -2.51. The number of aryl methyl sites for hydroxylation is 1. The van der Waals surface area contributed by atoms with E-state index in [4.69, 9.17) is 14.5 Å². The maximum absolute atomic E-state index is 13.1. The van der Waals surface area contributed by atoms with Gasteiger partial charge < -0.3 is 24.6 Å². The number of anilines is 1. The monoisotopic (exact) mass is 512 g/mol. The molecule has 3 aliphatic rings. The average Bonchev–Trinajstić information content (AvgIpc) is 3.49. The summed E-state index contributed by atoms with van der Waals surface area (Å²) in [4.78, 5) is 33.6. The van der Waals surface area contributed by atoms with Gasteiger partial charge in [-0.05, 0) is 58.3 Å². The summed E-state index contributed by atoms with van der Waals surface area (Å²) in [6.07, 6.45) is 3.78. The van der Waals surface area contributed by atoms with E-state index in [1.54, 1.807) is 4.90 Å². The van der Waals surface area contributed by atoms with Crippen LogP contribution in [0.5, 0.6) is 0 Å². The molecule has 2 saturated heterocycles. The molecule has 3 fully saturated rings. The van der Waals surface area contributed by atoms with Crippen molar-refractivity contribution < 1.29 is 19.1 Å². The highest BCUT2D eigenvalue weighted by molar-refractivity contribution is 5.70. The lowest BCUT2D eigenvalue weighted by molar-refractivity contribution is 0.0223. The maximum atomic E-state index is 13.1. The molecule has 1 aliphatic carbocycles. The number of carbonyl (C=O) groups is 2. The van der Waals surface area contributed by atoms with Crippen LogP contribution in [0.4, 0.5) is 15.4 Å². The standard InChI is InChI=1S/C27H40N6O4/c1-16(2)21-12-28-33-22(11-17(3)29-24(21)33)30-23-18-7-8-19(23)14-32(13-18)25(34)36-20-9-10-31(15-20)26(35)37-27(4,5)6/h11-12,16,18-20,23,30H,7-10,13-15H2,1-6H3. The molecule has 10 heteroatoms. The fraction of sp³-hybridized carbons (Fsp3) is 0.704. The molecule has 5 rings (SSSR count). The number of likely N-dealkylation sites (tertiary alicyclic amines) is 2. The predicted molar refractivity (Wildman–Crippen MR) is 140 cm³/mol. The molecule has 10 nitrogen and oxygen atoms in total. The molecule has 0 radical (unpaired) electrons. The van der Waals surface area contributed by atoms with Crippen LogP contribution in [0, 0.1) is 18.8 Å². The highest BCUT2D eigenvalue weighted by atomic mass is 16.6. The minimum atomic E-state index is -0.543. The molecule has 2 aromatic rings. The second-order valence-corrected chi connectivity index (χ2v) is 12.2. The number of ether oxygens (including phenoxy) is 2. The smallest absolute Gasteiger partial charge is 0.410 e. The van der Waals surface area contributed by atoms with E-state index >= 15 is 0 Å². The zero-order chi connectivity index (χ0) is 26.5. The number of amides is 2. The Balaban J connectivity index is 1.20. The van der Waals surface area contributed by atoms with Crippen molar-refractivity contribution >= 4 is 23.7 Å². The minimum Gasteiger partial charge on any atom is -0.444 e. The summed E-state index contributed by atoms with van der Waals surface area (Å²) in [6.45, 7) is 14.1. The second kappa shape index (κ2) is 9.68. The molecule has 2 amide bonds. The Bertz CT molecular complexity index is 1160. The molecule has 4 heterocycles. The van der Waals surface area contributed by atoms with Crippen molar-refractivity contribution in [2.75, 3.05) is 31.5 Å². The van der Waals surface area contributed by atoms with Gasteiger partial charge in [-0.25, -0.2) is 14.6 Å². The average molecular weight is 513 g/mol. The highest BCUT2D eigenvalue weighted by Crippen LogP contribution is 2.39. The topological polar surface area (TPSA) is 101 Å². The summed E-state index contributed by atoms with van der Waals surface area (Å²) in [5, 5.41) is 8.40. The van der Waals surface area contributed by atoms with Gasteiger partial charge >= 0.3 is 12.2 Å². The van der Waals surface area contributed by atoms with E-state index in [-0.39, 0.29) is 24.3 Å². The Morgan fingerprint density at radius 3 is 2.41 bits per heavy atom. The molecule has 1 N–H and O–H groups in total. The summed E-state index contributed by atoms with van der Waals surface area (Å²) in [5.74, 6) is 2.00. The number of fused-ring (bicyclic) bond motifs is 3. The van der Waals surface area contributed by atoms with Gasteiger partial charge in [0.2, 0.25) is 0 Å². The highest BCUT2D eigenvalue weighted by Gasteiger charge is 2.44. The summed E-state index contributed by atoms with van der Waals surface area (Å²) in [5.41, 5.74) is 2.47. The summed E-state index contributed by atoms with van der Waals surface area (Å²) >= 11 is 0. The molecule has 37 heavy (non-hydrogen) atoms. The van der Waals surface area contributed by atoms with Crippen LogP contribution in [-0.2, 0) is 9.47 Å². The first-order valence-electron chi connectivity index (χ1n) is 13.5. The third kappa shape index (κ3) is 5.33. The third-order valence-electron chi connectivity index (χ3n) is 7.72. The fourth-order valence-corrected chi connectivity index (χ4v) is 5.92. The van der Waals surface area contributed by atoms with Crippen LogP contribution >= 0.6 is 0 Å². The predicted octanol–water partition coefficient (Wildman–Crippen LogP) is 4.43. The Morgan fingerprint density at radius 2 is 1.76 bits per heavy atom. The molecule has 202 valence electrons. The van der Waals surface area contributed by atoms with Gasteiger partial charge in [-0.1, -0.05) is 13.8 Å². The van der Waals surface area contributed by atoms with Crippen LogP contribution in [0.2, 0.25) is 0 Å². The molecule has 2 aliphatic heterocycles. The van der Waals surface area contributed by atoms with Crippen molar-refractivity contribution in [2.45, 2.75) is 84.5 Å². The molecular weight excluding hydrogens is 472 g/mol. The number of aromatic nitrogens is 3. The number of piperidine rings is 1. The van der Waals surface area contributed by atoms with Crippen LogP contribution in [0.3, 0.4) is 0 Å². The summed E-state index contributed by atoms with van der Waals surface area (Å²) in [6, 6.07) is 2.33. The largest absolute Gasteiger partial charge is 0.444 e. The zero-order valence-corrected chi connectivity index (χ0v) is 22.9. The van der Waals surface area contributed by atoms with Crippen LogP contribution in [0.15, 0.2) is 12.3 Å². The SMILES string of the molecule is Cc1cc(NC2C3CCC2CN(C(=O)OC2CCN(C(=O)OC(C)(C)C)C2)C3)n2ncc(C(C)C)c2n1. The van der Waals surface area contributed by atoms with Crippen LogP contribution in [0.25, 0.3) is 5.65 Å². The first-order chi connectivity index (χ1) is 17.5. The molecule has 2 aromatic heterocycles. The van der Waals surface area contributed by atoms with Gasteiger partial charge in [0.05, 0.1) is 12.7 Å². The quantitative estimate of drug-likeness (QED) is 0.647. The number of rotatable bonds is 4. The number of nitrogens with one attached hydrogen (secondary N) is 1. The maximum Gasteiger partial charge on any atom is 0.410 e. The van der Waals surface area contributed by atoms with Crippen molar-refractivity contribution in [1.29, 1.82) is 0 Å². The van der Waals surface area contributed by atoms with E-state index in [2.05, 4.69) is 30.3 Å². The molecule has 2 bridgehead atoms. The van der Waals surface area contributed by atoms with E-state index < -0.39 is 5.60 Å². The molecule has 3 atom stereocenters. The first kappa shape index (κ1) is 25.6. The van der Waals surface area contributed by atoms with E-state index in [9.17, 15) is 9.59 Å². The van der Waals surface area contributed by atoms with Gasteiger partial charge in [0, 0.05) is 49.4 Å². The van der Waals surface area contributed by atoms with Crippen LogP contribution in [-0.4, -0.2) is 80.5 Å². The van der Waals surface area contributed by atoms with E-state index in [1.165, 1.54) is 0 Å². The Morgan fingerprint density at radius 1 is 1.05 bits per heavy atom. The van der Waals surface area contributed by atoms with Crippen LogP contribution < -0.4 is 5.32 Å². The summed E-state index contributed by atoms with van der Waals surface area (Å²) in [7, 11) is 0. The molecule has 0 spiro atoms. The van der Waals surface area contributed by atoms with Crippen molar-refractivity contribution in [1.82, 2.24) is 24.4 Å².